The van der Waals surface area contributed by atoms with Crippen molar-refractivity contribution in [1.82, 2.24) is 19.6 Å². The minimum absolute atomic E-state index is 0.119. The Hall–Kier alpha value is -2.74. The van der Waals surface area contributed by atoms with Crippen molar-refractivity contribution in [2.75, 3.05) is 52.9 Å². The lowest BCUT2D eigenvalue weighted by molar-refractivity contribution is 0.0475. The topological polar surface area (TPSA) is 73.1 Å². The van der Waals surface area contributed by atoms with Gasteiger partial charge in [-0.05, 0) is 49.4 Å². The molecule has 4 rings (SSSR count). The third-order valence-electron chi connectivity index (χ3n) is 6.79. The predicted octanol–water partition coefficient (Wildman–Crippen LogP) is 1.88. The van der Waals surface area contributed by atoms with E-state index in [-0.39, 0.29) is 11.9 Å². The van der Waals surface area contributed by atoms with Gasteiger partial charge in [0, 0.05) is 76.1 Å². The smallest absolute Gasteiger partial charge is 0.254 e. The quantitative estimate of drug-likeness (QED) is 0.729. The van der Waals surface area contributed by atoms with Crippen molar-refractivity contribution in [3.8, 4) is 0 Å². The summed E-state index contributed by atoms with van der Waals surface area (Å²) in [5.74, 6) is -0.289. The summed E-state index contributed by atoms with van der Waals surface area (Å²) in [6.07, 6.45) is 0. The first-order valence-electron chi connectivity index (χ1n) is 11.8. The Morgan fingerprint density at radius 2 is 1.52 bits per heavy atom. The first-order valence-corrected chi connectivity index (χ1v) is 11.8. The van der Waals surface area contributed by atoms with Gasteiger partial charge in [0.15, 0.2) is 0 Å². The third kappa shape index (κ3) is 5.99. The van der Waals surface area contributed by atoms with Crippen LogP contribution >= 0.6 is 0 Å². The van der Waals surface area contributed by atoms with Crippen molar-refractivity contribution in [1.29, 1.82) is 0 Å². The second kappa shape index (κ2) is 10.5. The van der Waals surface area contributed by atoms with Gasteiger partial charge >= 0.3 is 0 Å². The molecule has 7 nitrogen and oxygen atoms in total. The molecule has 0 aliphatic carbocycles. The van der Waals surface area contributed by atoms with Crippen LogP contribution < -0.4 is 5.73 Å². The van der Waals surface area contributed by atoms with Crippen LogP contribution in [0.25, 0.3) is 0 Å². The van der Waals surface area contributed by atoms with Gasteiger partial charge in [0.2, 0.25) is 5.91 Å². The van der Waals surface area contributed by atoms with Gasteiger partial charge < -0.3 is 15.5 Å². The van der Waals surface area contributed by atoms with Crippen LogP contribution in [0.2, 0.25) is 0 Å². The number of hydrogen-bond acceptors (Lipinski definition) is 5. The molecule has 1 atom stereocenters. The molecule has 0 spiro atoms. The Balaban J connectivity index is 1.33. The fourth-order valence-corrected chi connectivity index (χ4v) is 4.74. The number of carbonyl (C=O) groups excluding carboxylic acids is 2. The van der Waals surface area contributed by atoms with Crippen molar-refractivity contribution in [3.05, 3.63) is 70.8 Å². The van der Waals surface area contributed by atoms with Crippen molar-refractivity contribution in [2.24, 2.45) is 5.73 Å². The summed E-state index contributed by atoms with van der Waals surface area (Å²) < 4.78 is 0. The molecular weight excluding hydrogens is 414 g/mol. The molecule has 2 aliphatic heterocycles. The molecule has 0 bridgehead atoms. The zero-order valence-corrected chi connectivity index (χ0v) is 19.7. The van der Waals surface area contributed by atoms with Gasteiger partial charge in [-0.25, -0.2) is 0 Å². The molecule has 0 saturated carbocycles. The minimum atomic E-state index is -0.407. The van der Waals surface area contributed by atoms with Gasteiger partial charge in [0.05, 0.1) is 0 Å². The number of rotatable bonds is 6. The molecule has 2 N–H and O–H groups in total. The van der Waals surface area contributed by atoms with E-state index in [1.807, 2.05) is 29.2 Å². The van der Waals surface area contributed by atoms with E-state index in [0.717, 1.165) is 63.5 Å². The normalized spacial score (nSPS) is 20.7. The third-order valence-corrected chi connectivity index (χ3v) is 6.79. The Morgan fingerprint density at radius 3 is 2.18 bits per heavy atom. The van der Waals surface area contributed by atoms with Crippen LogP contribution in [0, 0.1) is 0 Å². The van der Waals surface area contributed by atoms with E-state index in [0.29, 0.717) is 12.1 Å². The minimum Gasteiger partial charge on any atom is -0.366 e. The van der Waals surface area contributed by atoms with E-state index in [1.54, 1.807) is 12.1 Å². The van der Waals surface area contributed by atoms with Crippen molar-refractivity contribution >= 4 is 11.8 Å². The van der Waals surface area contributed by atoms with Crippen LogP contribution in [0.15, 0.2) is 48.5 Å². The molecule has 2 amide bonds. The summed E-state index contributed by atoms with van der Waals surface area (Å²) in [6.45, 7) is 10.5. The van der Waals surface area contributed by atoms with Crippen LogP contribution in [0.5, 0.6) is 0 Å². The number of hydrogen-bond donors (Lipinski definition) is 1. The second-order valence-electron chi connectivity index (χ2n) is 9.42. The molecule has 0 aromatic heterocycles. The first kappa shape index (κ1) is 23.4. The highest BCUT2D eigenvalue weighted by molar-refractivity contribution is 5.94. The maximum absolute atomic E-state index is 13.3. The Labute approximate surface area is 196 Å². The molecule has 2 heterocycles. The maximum atomic E-state index is 13.3. The molecule has 0 radical (unpaired) electrons. The summed E-state index contributed by atoms with van der Waals surface area (Å²) in [6, 6.07) is 15.7. The Morgan fingerprint density at radius 1 is 0.848 bits per heavy atom. The van der Waals surface area contributed by atoms with Crippen LogP contribution in [-0.2, 0) is 13.1 Å². The lowest BCUT2D eigenvalue weighted by Gasteiger charge is -2.40. The average Bonchev–Trinajstić information content (AvgIpc) is 2.81. The van der Waals surface area contributed by atoms with Crippen LogP contribution in [0.3, 0.4) is 0 Å². The molecule has 2 aliphatic rings. The standard InChI is InChI=1S/C26H35N5O2/c1-20-17-30(18-21-6-8-23(9-7-21)25(27)32)14-15-31(20)26(33)24-5-3-4-22(16-24)19-29-12-10-28(2)11-13-29/h3-9,16,20H,10-15,17-19H2,1-2H3,(H2,27,32). The van der Waals surface area contributed by atoms with E-state index in [4.69, 9.17) is 5.73 Å². The van der Waals surface area contributed by atoms with E-state index in [9.17, 15) is 9.59 Å². The van der Waals surface area contributed by atoms with Gasteiger partial charge in [-0.3, -0.25) is 19.4 Å². The Bertz CT molecular complexity index is 969. The molecule has 33 heavy (non-hydrogen) atoms. The lowest BCUT2D eigenvalue weighted by Crippen LogP contribution is -2.53. The highest BCUT2D eigenvalue weighted by atomic mass is 16.2. The highest BCUT2D eigenvalue weighted by Gasteiger charge is 2.28. The molecule has 1 unspecified atom stereocenters. The zero-order chi connectivity index (χ0) is 23.4. The SMILES string of the molecule is CC1CN(Cc2ccc(C(N)=O)cc2)CCN1C(=O)c1cccc(CN2CCN(C)CC2)c1. The molecule has 2 aromatic carbocycles. The van der Waals surface area contributed by atoms with Gasteiger partial charge in [0.25, 0.3) is 5.91 Å². The molecular formula is C26H35N5O2. The number of amides is 2. The van der Waals surface area contributed by atoms with Crippen molar-refractivity contribution in [3.63, 3.8) is 0 Å². The van der Waals surface area contributed by atoms with Gasteiger partial charge in [-0.2, -0.15) is 0 Å². The fourth-order valence-electron chi connectivity index (χ4n) is 4.74. The summed E-state index contributed by atoms with van der Waals surface area (Å²) in [5.41, 5.74) is 8.98. The summed E-state index contributed by atoms with van der Waals surface area (Å²) in [7, 11) is 2.16. The van der Waals surface area contributed by atoms with E-state index >= 15 is 0 Å². The zero-order valence-electron chi connectivity index (χ0n) is 19.7. The van der Waals surface area contributed by atoms with Crippen LogP contribution in [-0.4, -0.2) is 90.3 Å². The molecule has 7 heteroatoms. The fraction of sp³-hybridized carbons (Fsp3) is 0.462. The largest absolute Gasteiger partial charge is 0.366 e. The van der Waals surface area contributed by atoms with Crippen molar-refractivity contribution in [2.45, 2.75) is 26.1 Å². The number of nitrogens with zero attached hydrogens (tertiary/aromatic N) is 4. The van der Waals surface area contributed by atoms with E-state index in [1.165, 1.54) is 5.56 Å². The average molecular weight is 450 g/mol. The number of nitrogens with two attached hydrogens (primary N) is 1. The number of carbonyl (C=O) groups is 2. The van der Waals surface area contributed by atoms with E-state index < -0.39 is 5.91 Å². The first-order chi connectivity index (χ1) is 15.9. The van der Waals surface area contributed by atoms with Crippen LogP contribution in [0.1, 0.15) is 38.8 Å². The van der Waals surface area contributed by atoms with Gasteiger partial charge in [-0.15, -0.1) is 0 Å². The molecule has 2 aromatic rings. The summed E-state index contributed by atoms with van der Waals surface area (Å²) >= 11 is 0. The van der Waals surface area contributed by atoms with Gasteiger partial charge in [0.1, 0.15) is 0 Å². The number of benzene rings is 2. The molecule has 2 fully saturated rings. The summed E-state index contributed by atoms with van der Waals surface area (Å²) in [5, 5.41) is 0. The van der Waals surface area contributed by atoms with Crippen LogP contribution in [0.4, 0.5) is 0 Å². The monoisotopic (exact) mass is 449 g/mol. The highest BCUT2D eigenvalue weighted by Crippen LogP contribution is 2.18. The number of primary amides is 1. The maximum Gasteiger partial charge on any atom is 0.254 e. The van der Waals surface area contributed by atoms with Crippen molar-refractivity contribution < 1.29 is 9.59 Å². The second-order valence-corrected chi connectivity index (χ2v) is 9.42. The summed E-state index contributed by atoms with van der Waals surface area (Å²) in [4.78, 5) is 33.7. The van der Waals surface area contributed by atoms with Gasteiger partial charge in [-0.1, -0.05) is 24.3 Å². The lowest BCUT2D eigenvalue weighted by atomic mass is 10.1. The molecule has 176 valence electrons. The number of likely N-dealkylation sites (N-methyl/N-ethyl adjacent to an activating group) is 1. The number of piperazine rings is 2. The predicted molar refractivity (Wildman–Crippen MR) is 130 cm³/mol. The molecule has 2 saturated heterocycles. The Kier molecular flexibility index (Phi) is 7.42. The van der Waals surface area contributed by atoms with E-state index in [2.05, 4.69) is 40.8 Å².